The van der Waals surface area contributed by atoms with E-state index in [0.717, 1.165) is 17.0 Å². The summed E-state index contributed by atoms with van der Waals surface area (Å²) in [5.41, 5.74) is 3.18. The van der Waals surface area contributed by atoms with Crippen molar-refractivity contribution in [3.63, 3.8) is 0 Å². The lowest BCUT2D eigenvalue weighted by Crippen LogP contribution is -2.39. The number of ketones is 1. The minimum atomic E-state index is -0.772. The fourth-order valence-electron chi connectivity index (χ4n) is 4.96. The SMILES string of the molecule is COc1ccc(COC(=O)C2C(C)=NC3=C(C(=O)CC(C)(C)C3)C2c2ccc(O)c(OC)c2)cc1. The number of rotatable bonds is 6. The van der Waals surface area contributed by atoms with Gasteiger partial charge in [-0.1, -0.05) is 32.0 Å². The highest BCUT2D eigenvalue weighted by molar-refractivity contribution is 6.09. The van der Waals surface area contributed by atoms with E-state index in [1.165, 1.54) is 13.2 Å². The first-order chi connectivity index (χ1) is 16.6. The second-order valence-corrected chi connectivity index (χ2v) is 9.90. The Hall–Kier alpha value is -3.61. The summed E-state index contributed by atoms with van der Waals surface area (Å²) in [7, 11) is 3.06. The van der Waals surface area contributed by atoms with E-state index in [1.54, 1.807) is 26.2 Å². The molecule has 0 saturated heterocycles. The highest BCUT2D eigenvalue weighted by Crippen LogP contribution is 2.48. The van der Waals surface area contributed by atoms with Crippen LogP contribution in [0.15, 0.2) is 58.7 Å². The van der Waals surface area contributed by atoms with Crippen molar-refractivity contribution in [3.8, 4) is 17.2 Å². The van der Waals surface area contributed by atoms with E-state index in [1.807, 2.05) is 38.1 Å². The minimum absolute atomic E-state index is 0.0126. The predicted molar refractivity (Wildman–Crippen MR) is 132 cm³/mol. The van der Waals surface area contributed by atoms with Gasteiger partial charge in [0.15, 0.2) is 17.3 Å². The second-order valence-electron chi connectivity index (χ2n) is 9.90. The highest BCUT2D eigenvalue weighted by Gasteiger charge is 2.46. The third-order valence-corrected chi connectivity index (χ3v) is 6.66. The van der Waals surface area contributed by atoms with Crippen molar-refractivity contribution < 1.29 is 28.9 Å². The van der Waals surface area contributed by atoms with Gasteiger partial charge in [-0.15, -0.1) is 0 Å². The van der Waals surface area contributed by atoms with Crippen LogP contribution in [-0.4, -0.2) is 36.8 Å². The number of hydrogen-bond acceptors (Lipinski definition) is 7. The van der Waals surface area contributed by atoms with Crippen LogP contribution in [-0.2, 0) is 20.9 Å². The lowest BCUT2D eigenvalue weighted by atomic mass is 9.67. The molecule has 2 atom stereocenters. The van der Waals surface area contributed by atoms with Crippen molar-refractivity contribution in [2.24, 2.45) is 16.3 Å². The predicted octanol–water partition coefficient (Wildman–Crippen LogP) is 4.97. The maximum atomic E-state index is 13.5. The summed E-state index contributed by atoms with van der Waals surface area (Å²) in [6.45, 7) is 5.99. The number of carbonyl (C=O) groups is 2. The highest BCUT2D eigenvalue weighted by atomic mass is 16.5. The van der Waals surface area contributed by atoms with Gasteiger partial charge in [0, 0.05) is 29.3 Å². The topological polar surface area (TPSA) is 94.4 Å². The van der Waals surface area contributed by atoms with Crippen molar-refractivity contribution in [2.45, 2.75) is 46.1 Å². The number of Topliss-reactive ketones (excluding diaryl/α,β-unsaturated/α-hetero) is 1. The molecule has 0 saturated carbocycles. The first-order valence-corrected chi connectivity index (χ1v) is 11.6. The average molecular weight is 478 g/mol. The Kier molecular flexibility index (Phi) is 6.70. The van der Waals surface area contributed by atoms with Gasteiger partial charge in [0.05, 0.1) is 14.2 Å². The summed E-state index contributed by atoms with van der Waals surface area (Å²) in [5, 5.41) is 10.1. The van der Waals surface area contributed by atoms with Crippen LogP contribution in [0.25, 0.3) is 0 Å². The first kappa shape index (κ1) is 24.5. The van der Waals surface area contributed by atoms with Gasteiger partial charge in [0.1, 0.15) is 18.3 Å². The van der Waals surface area contributed by atoms with Gasteiger partial charge in [-0.05, 0) is 54.2 Å². The summed E-state index contributed by atoms with van der Waals surface area (Å²) in [5.74, 6) is -0.841. The van der Waals surface area contributed by atoms with Crippen molar-refractivity contribution in [2.75, 3.05) is 14.2 Å². The molecule has 2 unspecified atom stereocenters. The molecule has 0 spiro atoms. The fraction of sp³-hybridized carbons (Fsp3) is 0.393. The molecule has 0 radical (unpaired) electrons. The molecule has 2 aliphatic rings. The average Bonchev–Trinajstić information content (AvgIpc) is 2.81. The third kappa shape index (κ3) is 4.94. The van der Waals surface area contributed by atoms with Crippen molar-refractivity contribution >= 4 is 17.5 Å². The quantitative estimate of drug-likeness (QED) is 0.591. The van der Waals surface area contributed by atoms with E-state index in [9.17, 15) is 14.7 Å². The van der Waals surface area contributed by atoms with Crippen LogP contribution in [0.4, 0.5) is 0 Å². The number of nitrogens with zero attached hydrogens (tertiary/aromatic N) is 1. The molecule has 0 bridgehead atoms. The molecule has 0 aromatic heterocycles. The van der Waals surface area contributed by atoms with Gasteiger partial charge < -0.3 is 19.3 Å². The molecule has 1 aliphatic heterocycles. The van der Waals surface area contributed by atoms with Gasteiger partial charge in [-0.2, -0.15) is 0 Å². The second kappa shape index (κ2) is 9.56. The zero-order valence-corrected chi connectivity index (χ0v) is 20.8. The van der Waals surface area contributed by atoms with E-state index in [2.05, 4.69) is 0 Å². The molecule has 184 valence electrons. The molecule has 35 heavy (non-hydrogen) atoms. The number of carbonyl (C=O) groups excluding carboxylic acids is 2. The number of ether oxygens (including phenoxy) is 3. The third-order valence-electron chi connectivity index (χ3n) is 6.66. The summed E-state index contributed by atoms with van der Waals surface area (Å²) < 4.78 is 16.2. The molecule has 7 heteroatoms. The van der Waals surface area contributed by atoms with Gasteiger partial charge in [0.2, 0.25) is 0 Å². The monoisotopic (exact) mass is 477 g/mol. The smallest absolute Gasteiger partial charge is 0.315 e. The van der Waals surface area contributed by atoms with E-state index in [4.69, 9.17) is 19.2 Å². The summed E-state index contributed by atoms with van der Waals surface area (Å²) in [6, 6.07) is 12.2. The van der Waals surface area contributed by atoms with Crippen molar-refractivity contribution in [1.29, 1.82) is 0 Å². The minimum Gasteiger partial charge on any atom is -0.504 e. The number of methoxy groups -OCH3 is 2. The lowest BCUT2D eigenvalue weighted by molar-refractivity contribution is -0.148. The number of phenolic OH excluding ortho intramolecular Hbond substituents is 1. The Morgan fingerprint density at radius 2 is 1.80 bits per heavy atom. The van der Waals surface area contributed by atoms with Crippen LogP contribution in [0, 0.1) is 11.3 Å². The van der Waals surface area contributed by atoms with Crippen LogP contribution in [0.1, 0.15) is 50.7 Å². The molecule has 1 N–H and O–H groups in total. The van der Waals surface area contributed by atoms with Crippen LogP contribution < -0.4 is 9.47 Å². The molecule has 2 aromatic rings. The Labute approximate surface area is 205 Å². The number of benzene rings is 2. The molecule has 2 aromatic carbocycles. The summed E-state index contributed by atoms with van der Waals surface area (Å²) in [4.78, 5) is 31.6. The number of aromatic hydroxyl groups is 1. The van der Waals surface area contributed by atoms with Crippen LogP contribution in [0.3, 0.4) is 0 Å². The van der Waals surface area contributed by atoms with Crippen molar-refractivity contribution in [3.05, 3.63) is 64.9 Å². The first-order valence-electron chi connectivity index (χ1n) is 11.6. The normalized spacial score (nSPS) is 21.2. The summed E-state index contributed by atoms with van der Waals surface area (Å²) in [6.07, 6.45) is 1.02. The van der Waals surface area contributed by atoms with Gasteiger partial charge in [-0.25, -0.2) is 0 Å². The number of aliphatic imine (C=N–C) groups is 1. The number of phenols is 1. The maximum Gasteiger partial charge on any atom is 0.315 e. The Bertz CT molecular complexity index is 1210. The molecule has 7 nitrogen and oxygen atoms in total. The van der Waals surface area contributed by atoms with E-state index < -0.39 is 17.8 Å². The van der Waals surface area contributed by atoms with Gasteiger partial charge >= 0.3 is 5.97 Å². The molecule has 4 rings (SSSR count). The molecule has 0 fully saturated rings. The zero-order chi connectivity index (χ0) is 25.3. The number of allylic oxidation sites excluding steroid dienone is 2. The Morgan fingerprint density at radius 1 is 1.09 bits per heavy atom. The zero-order valence-electron chi connectivity index (χ0n) is 20.8. The lowest BCUT2D eigenvalue weighted by Gasteiger charge is -2.39. The van der Waals surface area contributed by atoms with Crippen LogP contribution in [0.5, 0.6) is 17.2 Å². The van der Waals surface area contributed by atoms with E-state index in [-0.39, 0.29) is 29.3 Å². The van der Waals surface area contributed by atoms with Crippen molar-refractivity contribution in [1.82, 2.24) is 0 Å². The molecular weight excluding hydrogens is 446 g/mol. The molecule has 0 amide bonds. The molecular formula is C28H31NO6. The van der Waals surface area contributed by atoms with E-state index >= 15 is 0 Å². The maximum absolute atomic E-state index is 13.5. The molecule has 1 heterocycles. The van der Waals surface area contributed by atoms with E-state index in [0.29, 0.717) is 29.7 Å². The summed E-state index contributed by atoms with van der Waals surface area (Å²) >= 11 is 0. The van der Waals surface area contributed by atoms with Crippen LogP contribution in [0.2, 0.25) is 0 Å². The number of esters is 1. The Balaban J connectivity index is 1.72. The van der Waals surface area contributed by atoms with Crippen LogP contribution >= 0.6 is 0 Å². The fourth-order valence-corrected chi connectivity index (χ4v) is 4.96. The van der Waals surface area contributed by atoms with Gasteiger partial charge in [-0.3, -0.25) is 14.6 Å². The largest absolute Gasteiger partial charge is 0.504 e. The Morgan fingerprint density at radius 3 is 2.46 bits per heavy atom. The standard InChI is InChI=1S/C28H31NO6/c1-16-24(27(32)35-15-17-6-9-19(33-4)10-7-17)25(18-8-11-21(30)23(12-18)34-5)26-20(29-16)13-28(2,3)14-22(26)31/h6-12,24-25,30H,13-15H2,1-5H3. The number of hydrogen-bond donors (Lipinski definition) is 1. The van der Waals surface area contributed by atoms with Gasteiger partial charge in [0.25, 0.3) is 0 Å². The molecule has 1 aliphatic carbocycles.